The van der Waals surface area contributed by atoms with Crippen LogP contribution >= 0.6 is 0 Å². The topological polar surface area (TPSA) is 113 Å². The number of nitrogens with one attached hydrogen (secondary N) is 1. The minimum Gasteiger partial charge on any atom is -0.369 e. The molecule has 3 heterocycles. The van der Waals surface area contributed by atoms with Crippen LogP contribution in [0.5, 0.6) is 0 Å². The SMILES string of the molecule is Cn1nc(C(=O)N2CCN(c3cc(=O)[nH]c(N)n3)CC2)c2c1CCCC2. The number of carbonyl (C=O) groups is 1. The summed E-state index contributed by atoms with van der Waals surface area (Å²) in [5, 5.41) is 4.51. The Kier molecular flexibility index (Phi) is 4.14. The predicted octanol–water partition coefficient (Wildman–Crippen LogP) is -0.0732. The summed E-state index contributed by atoms with van der Waals surface area (Å²) in [4.78, 5) is 35.0. The molecule has 0 aromatic carbocycles. The molecular weight excluding hydrogens is 334 g/mol. The molecule has 1 fully saturated rings. The van der Waals surface area contributed by atoms with Crippen molar-refractivity contribution in [1.82, 2.24) is 24.6 Å². The summed E-state index contributed by atoms with van der Waals surface area (Å²) < 4.78 is 1.86. The number of H-pyrrole nitrogens is 1. The monoisotopic (exact) mass is 357 g/mol. The van der Waals surface area contributed by atoms with Crippen molar-refractivity contribution in [3.8, 4) is 0 Å². The quantitative estimate of drug-likeness (QED) is 0.778. The second kappa shape index (κ2) is 6.47. The summed E-state index contributed by atoms with van der Waals surface area (Å²) in [6.45, 7) is 2.35. The summed E-state index contributed by atoms with van der Waals surface area (Å²) in [5.41, 5.74) is 8.27. The van der Waals surface area contributed by atoms with Crippen LogP contribution in [0.2, 0.25) is 0 Å². The van der Waals surface area contributed by atoms with Crippen LogP contribution in [0.15, 0.2) is 10.9 Å². The van der Waals surface area contributed by atoms with Gasteiger partial charge in [-0.25, -0.2) is 0 Å². The summed E-state index contributed by atoms with van der Waals surface area (Å²) in [6.07, 6.45) is 4.20. The fraction of sp³-hybridized carbons (Fsp3) is 0.529. The number of hydrogen-bond donors (Lipinski definition) is 2. The van der Waals surface area contributed by atoms with Crippen LogP contribution in [0, 0.1) is 0 Å². The van der Waals surface area contributed by atoms with Crippen molar-refractivity contribution in [3.05, 3.63) is 33.4 Å². The Morgan fingerprint density at radius 1 is 1.19 bits per heavy atom. The number of rotatable bonds is 2. The van der Waals surface area contributed by atoms with Crippen LogP contribution in [0.4, 0.5) is 11.8 Å². The third kappa shape index (κ3) is 2.93. The van der Waals surface area contributed by atoms with Crippen molar-refractivity contribution in [2.45, 2.75) is 25.7 Å². The molecule has 0 saturated carbocycles. The molecule has 0 radical (unpaired) electrons. The first-order valence-electron chi connectivity index (χ1n) is 8.99. The number of aromatic amines is 1. The molecule has 26 heavy (non-hydrogen) atoms. The third-order valence-electron chi connectivity index (χ3n) is 5.21. The Balaban J connectivity index is 1.48. The molecule has 0 spiro atoms. The molecule has 3 N–H and O–H groups in total. The van der Waals surface area contributed by atoms with Gasteiger partial charge in [-0.05, 0) is 25.7 Å². The highest BCUT2D eigenvalue weighted by atomic mass is 16.2. The van der Waals surface area contributed by atoms with Gasteiger partial charge in [0.2, 0.25) is 5.95 Å². The average Bonchev–Trinajstić information content (AvgIpc) is 2.98. The van der Waals surface area contributed by atoms with Crippen molar-refractivity contribution in [2.24, 2.45) is 7.05 Å². The van der Waals surface area contributed by atoms with Gasteiger partial charge in [-0.15, -0.1) is 0 Å². The Morgan fingerprint density at radius 2 is 1.92 bits per heavy atom. The summed E-state index contributed by atoms with van der Waals surface area (Å²) in [5.74, 6) is 0.654. The number of piperazine rings is 1. The maximum atomic E-state index is 13.0. The Labute approximate surface area is 150 Å². The van der Waals surface area contributed by atoms with Crippen molar-refractivity contribution in [1.29, 1.82) is 0 Å². The normalized spacial score (nSPS) is 17.3. The first kappa shape index (κ1) is 16.6. The van der Waals surface area contributed by atoms with E-state index in [1.54, 1.807) is 0 Å². The molecule has 4 rings (SSSR count). The van der Waals surface area contributed by atoms with Crippen LogP contribution in [-0.4, -0.2) is 56.7 Å². The van der Waals surface area contributed by atoms with Crippen LogP contribution < -0.4 is 16.2 Å². The predicted molar refractivity (Wildman–Crippen MR) is 97.2 cm³/mol. The second-order valence-electron chi connectivity index (χ2n) is 6.87. The molecule has 1 saturated heterocycles. The highest BCUT2D eigenvalue weighted by Gasteiger charge is 2.29. The number of amides is 1. The molecule has 1 aliphatic heterocycles. The molecule has 2 aromatic heterocycles. The second-order valence-corrected chi connectivity index (χ2v) is 6.87. The van der Waals surface area contributed by atoms with Crippen LogP contribution in [0.3, 0.4) is 0 Å². The lowest BCUT2D eigenvalue weighted by atomic mass is 9.95. The average molecular weight is 357 g/mol. The van der Waals surface area contributed by atoms with E-state index in [0.29, 0.717) is 37.7 Å². The molecule has 1 aliphatic carbocycles. The Morgan fingerprint density at radius 3 is 2.65 bits per heavy atom. The summed E-state index contributed by atoms with van der Waals surface area (Å²) >= 11 is 0. The van der Waals surface area contributed by atoms with E-state index in [2.05, 4.69) is 15.1 Å². The number of carbonyl (C=O) groups excluding carboxylic acids is 1. The zero-order valence-electron chi connectivity index (χ0n) is 14.9. The molecule has 9 nitrogen and oxygen atoms in total. The molecular formula is C17H23N7O2. The van der Waals surface area contributed by atoms with E-state index in [1.165, 1.54) is 11.8 Å². The van der Waals surface area contributed by atoms with Gasteiger partial charge < -0.3 is 15.5 Å². The van der Waals surface area contributed by atoms with Gasteiger partial charge >= 0.3 is 0 Å². The summed E-state index contributed by atoms with van der Waals surface area (Å²) in [7, 11) is 1.92. The van der Waals surface area contributed by atoms with Gasteiger partial charge in [0.25, 0.3) is 11.5 Å². The lowest BCUT2D eigenvalue weighted by Gasteiger charge is -2.35. The first-order valence-corrected chi connectivity index (χ1v) is 8.99. The Bertz CT molecular complexity index is 893. The molecule has 0 bridgehead atoms. The molecule has 0 atom stereocenters. The van der Waals surface area contributed by atoms with E-state index in [-0.39, 0.29) is 17.4 Å². The van der Waals surface area contributed by atoms with Gasteiger partial charge in [0.1, 0.15) is 5.82 Å². The molecule has 138 valence electrons. The van der Waals surface area contributed by atoms with Gasteiger partial charge in [-0.3, -0.25) is 19.3 Å². The van der Waals surface area contributed by atoms with Gasteiger partial charge in [-0.2, -0.15) is 10.1 Å². The smallest absolute Gasteiger partial charge is 0.274 e. The van der Waals surface area contributed by atoms with E-state index in [9.17, 15) is 9.59 Å². The number of fused-ring (bicyclic) bond motifs is 1. The Hall–Kier alpha value is -2.84. The molecule has 2 aliphatic rings. The van der Waals surface area contributed by atoms with Crippen LogP contribution in [-0.2, 0) is 19.9 Å². The molecule has 9 heteroatoms. The highest BCUT2D eigenvalue weighted by Crippen LogP contribution is 2.25. The molecule has 1 amide bonds. The number of anilines is 2. The lowest BCUT2D eigenvalue weighted by Crippen LogP contribution is -2.49. The summed E-state index contributed by atoms with van der Waals surface area (Å²) in [6, 6.07) is 1.43. The number of aryl methyl sites for hydroxylation is 1. The fourth-order valence-corrected chi connectivity index (χ4v) is 3.86. The van der Waals surface area contributed by atoms with E-state index < -0.39 is 0 Å². The zero-order valence-corrected chi connectivity index (χ0v) is 14.9. The van der Waals surface area contributed by atoms with E-state index in [4.69, 9.17) is 5.73 Å². The third-order valence-corrected chi connectivity index (χ3v) is 5.21. The largest absolute Gasteiger partial charge is 0.369 e. The minimum absolute atomic E-state index is 0.00165. The molecule has 0 unspecified atom stereocenters. The number of hydrogen-bond acceptors (Lipinski definition) is 6. The van der Waals surface area contributed by atoms with E-state index in [0.717, 1.165) is 31.2 Å². The number of nitrogens with zero attached hydrogens (tertiary/aromatic N) is 5. The maximum Gasteiger partial charge on any atom is 0.274 e. The van der Waals surface area contributed by atoms with Gasteiger partial charge in [-0.1, -0.05) is 0 Å². The standard InChI is InChI=1S/C17H23N7O2/c1-22-12-5-3-2-4-11(12)15(21-22)16(26)24-8-6-23(7-9-24)13-10-14(25)20-17(18)19-13/h10H,2-9H2,1H3,(H3,18,19,20,25). The highest BCUT2D eigenvalue weighted by molar-refractivity contribution is 5.94. The minimum atomic E-state index is -0.272. The lowest BCUT2D eigenvalue weighted by molar-refractivity contribution is 0.0738. The van der Waals surface area contributed by atoms with Crippen LogP contribution in [0.1, 0.15) is 34.6 Å². The maximum absolute atomic E-state index is 13.0. The van der Waals surface area contributed by atoms with Crippen molar-refractivity contribution < 1.29 is 4.79 Å². The van der Waals surface area contributed by atoms with Crippen molar-refractivity contribution in [3.63, 3.8) is 0 Å². The first-order chi connectivity index (χ1) is 12.5. The zero-order chi connectivity index (χ0) is 18.3. The number of nitrogen functional groups attached to an aromatic ring is 1. The fourth-order valence-electron chi connectivity index (χ4n) is 3.86. The van der Waals surface area contributed by atoms with E-state index in [1.807, 2.05) is 21.5 Å². The number of nitrogens with two attached hydrogens (primary N) is 1. The van der Waals surface area contributed by atoms with Gasteiger partial charge in [0, 0.05) is 50.6 Å². The van der Waals surface area contributed by atoms with Crippen molar-refractivity contribution >= 4 is 17.7 Å². The number of aromatic nitrogens is 4. The van der Waals surface area contributed by atoms with Crippen LogP contribution in [0.25, 0.3) is 0 Å². The van der Waals surface area contributed by atoms with Gasteiger partial charge in [0.05, 0.1) is 0 Å². The van der Waals surface area contributed by atoms with E-state index >= 15 is 0 Å². The van der Waals surface area contributed by atoms with Gasteiger partial charge in [0.15, 0.2) is 5.69 Å². The van der Waals surface area contributed by atoms with Crippen molar-refractivity contribution in [2.75, 3.05) is 36.8 Å². The molecule has 2 aromatic rings.